The predicted molar refractivity (Wildman–Crippen MR) is 80.8 cm³/mol. The lowest BCUT2D eigenvalue weighted by Crippen LogP contribution is -2.38. The Labute approximate surface area is 124 Å². The largest absolute Gasteiger partial charge is 0.271 e. The third kappa shape index (κ3) is 4.34. The lowest BCUT2D eigenvalue weighted by molar-refractivity contribution is 0.515. The van der Waals surface area contributed by atoms with Gasteiger partial charge in [-0.25, -0.2) is 8.78 Å². The van der Waals surface area contributed by atoms with Gasteiger partial charge in [-0.05, 0) is 55.5 Å². The van der Waals surface area contributed by atoms with Gasteiger partial charge in [0, 0.05) is 12.1 Å². The lowest BCUT2D eigenvalue weighted by Gasteiger charge is -2.18. The van der Waals surface area contributed by atoms with Crippen molar-refractivity contribution < 1.29 is 8.78 Å². The van der Waals surface area contributed by atoms with E-state index in [1.54, 1.807) is 0 Å². The van der Waals surface area contributed by atoms with Crippen molar-refractivity contribution in [3.05, 3.63) is 70.3 Å². The summed E-state index contributed by atoms with van der Waals surface area (Å²) in [6.45, 7) is 4.08. The first kappa shape index (κ1) is 15.6. The molecule has 0 fully saturated rings. The SMILES string of the molecule is Cc1ccc(C)c(CC(Cc2cc(F)cc(F)c2)NN)c1. The Morgan fingerprint density at radius 3 is 2.29 bits per heavy atom. The predicted octanol–water partition coefficient (Wildman–Crippen LogP) is 3.20. The fourth-order valence-electron chi connectivity index (χ4n) is 2.49. The Bertz CT molecular complexity index is 606. The second-order valence-corrected chi connectivity index (χ2v) is 5.48. The van der Waals surface area contributed by atoms with Crippen LogP contribution in [0, 0.1) is 25.5 Å². The number of benzene rings is 2. The molecule has 0 amide bonds. The van der Waals surface area contributed by atoms with Gasteiger partial charge in [-0.2, -0.15) is 0 Å². The minimum Gasteiger partial charge on any atom is -0.271 e. The quantitative estimate of drug-likeness (QED) is 0.655. The van der Waals surface area contributed by atoms with E-state index >= 15 is 0 Å². The van der Waals surface area contributed by atoms with Gasteiger partial charge in [0.05, 0.1) is 0 Å². The van der Waals surface area contributed by atoms with E-state index in [0.29, 0.717) is 18.4 Å². The molecular formula is C17H20F2N2. The zero-order valence-corrected chi connectivity index (χ0v) is 12.3. The topological polar surface area (TPSA) is 38.0 Å². The minimum absolute atomic E-state index is 0.0771. The van der Waals surface area contributed by atoms with Crippen LogP contribution in [0.2, 0.25) is 0 Å². The highest BCUT2D eigenvalue weighted by Gasteiger charge is 2.12. The van der Waals surface area contributed by atoms with Gasteiger partial charge < -0.3 is 0 Å². The summed E-state index contributed by atoms with van der Waals surface area (Å²) in [4.78, 5) is 0. The fraction of sp³-hybridized carbons (Fsp3) is 0.294. The van der Waals surface area contributed by atoms with Gasteiger partial charge in [0.25, 0.3) is 0 Å². The second-order valence-electron chi connectivity index (χ2n) is 5.48. The average molecular weight is 290 g/mol. The van der Waals surface area contributed by atoms with E-state index in [1.807, 2.05) is 13.8 Å². The number of halogens is 2. The van der Waals surface area contributed by atoms with Crippen LogP contribution in [0.15, 0.2) is 36.4 Å². The molecule has 0 saturated carbocycles. The van der Waals surface area contributed by atoms with E-state index in [2.05, 4.69) is 23.6 Å². The maximum Gasteiger partial charge on any atom is 0.126 e. The van der Waals surface area contributed by atoms with Gasteiger partial charge in [0.1, 0.15) is 11.6 Å². The van der Waals surface area contributed by atoms with E-state index < -0.39 is 11.6 Å². The monoisotopic (exact) mass is 290 g/mol. The summed E-state index contributed by atoms with van der Waals surface area (Å²) >= 11 is 0. The number of aryl methyl sites for hydroxylation is 2. The smallest absolute Gasteiger partial charge is 0.126 e. The molecule has 112 valence electrons. The van der Waals surface area contributed by atoms with Crippen molar-refractivity contribution in [3.8, 4) is 0 Å². The van der Waals surface area contributed by atoms with Gasteiger partial charge in [0.15, 0.2) is 0 Å². The second kappa shape index (κ2) is 6.78. The van der Waals surface area contributed by atoms with Crippen molar-refractivity contribution in [3.63, 3.8) is 0 Å². The highest BCUT2D eigenvalue weighted by Crippen LogP contribution is 2.16. The van der Waals surface area contributed by atoms with Gasteiger partial charge in [-0.15, -0.1) is 0 Å². The number of nitrogens with one attached hydrogen (secondary N) is 1. The number of hydrazine groups is 1. The molecule has 4 heteroatoms. The first-order chi connectivity index (χ1) is 9.97. The molecule has 2 aromatic rings. The van der Waals surface area contributed by atoms with Crippen LogP contribution in [0.1, 0.15) is 22.3 Å². The molecule has 0 aliphatic rings. The molecule has 0 saturated heterocycles. The lowest BCUT2D eigenvalue weighted by atomic mass is 9.95. The zero-order valence-electron chi connectivity index (χ0n) is 12.3. The fourth-order valence-corrected chi connectivity index (χ4v) is 2.49. The number of rotatable bonds is 5. The molecule has 1 unspecified atom stereocenters. The standard InChI is InChI=1S/C17H20F2N2/c1-11-3-4-12(2)14(5-11)9-17(21-20)8-13-6-15(18)10-16(19)7-13/h3-7,10,17,21H,8-9,20H2,1-2H3. The van der Waals surface area contributed by atoms with Gasteiger partial charge in [0.2, 0.25) is 0 Å². The summed E-state index contributed by atoms with van der Waals surface area (Å²) < 4.78 is 26.5. The van der Waals surface area contributed by atoms with E-state index in [-0.39, 0.29) is 6.04 Å². The number of hydrogen-bond donors (Lipinski definition) is 2. The molecule has 0 aliphatic heterocycles. The molecule has 2 aromatic carbocycles. The van der Waals surface area contributed by atoms with Crippen LogP contribution in [0.3, 0.4) is 0 Å². The van der Waals surface area contributed by atoms with E-state index in [1.165, 1.54) is 28.8 Å². The van der Waals surface area contributed by atoms with Crippen molar-refractivity contribution >= 4 is 0 Å². The average Bonchev–Trinajstić information content (AvgIpc) is 2.41. The molecule has 0 bridgehead atoms. The Morgan fingerprint density at radius 2 is 1.67 bits per heavy atom. The summed E-state index contributed by atoms with van der Waals surface area (Å²) in [5.74, 6) is 4.47. The first-order valence-corrected chi connectivity index (χ1v) is 6.95. The third-order valence-electron chi connectivity index (χ3n) is 3.61. The summed E-state index contributed by atoms with van der Waals surface area (Å²) in [6, 6.07) is 9.73. The van der Waals surface area contributed by atoms with E-state index in [4.69, 9.17) is 5.84 Å². The maximum atomic E-state index is 13.2. The number of hydrogen-bond acceptors (Lipinski definition) is 2. The summed E-state index contributed by atoms with van der Waals surface area (Å²) in [6.07, 6.45) is 1.18. The molecule has 0 heterocycles. The van der Waals surface area contributed by atoms with E-state index in [9.17, 15) is 8.78 Å². The third-order valence-corrected chi connectivity index (χ3v) is 3.61. The Hall–Kier alpha value is -1.78. The molecule has 2 rings (SSSR count). The van der Waals surface area contributed by atoms with E-state index in [0.717, 1.165) is 6.07 Å². The van der Waals surface area contributed by atoms with Crippen molar-refractivity contribution in [2.24, 2.45) is 5.84 Å². The maximum absolute atomic E-state index is 13.2. The van der Waals surface area contributed by atoms with Gasteiger partial charge in [-0.3, -0.25) is 11.3 Å². The van der Waals surface area contributed by atoms with Gasteiger partial charge in [-0.1, -0.05) is 23.8 Å². The van der Waals surface area contributed by atoms with Crippen LogP contribution in [-0.2, 0) is 12.8 Å². The first-order valence-electron chi connectivity index (χ1n) is 6.95. The van der Waals surface area contributed by atoms with Crippen LogP contribution < -0.4 is 11.3 Å². The van der Waals surface area contributed by atoms with Crippen LogP contribution in [0.4, 0.5) is 8.78 Å². The summed E-state index contributed by atoms with van der Waals surface area (Å²) in [7, 11) is 0. The van der Waals surface area contributed by atoms with Crippen molar-refractivity contribution in [2.75, 3.05) is 0 Å². The number of nitrogens with two attached hydrogens (primary N) is 1. The van der Waals surface area contributed by atoms with Crippen LogP contribution in [0.5, 0.6) is 0 Å². The zero-order chi connectivity index (χ0) is 15.4. The molecular weight excluding hydrogens is 270 g/mol. The van der Waals surface area contributed by atoms with Crippen molar-refractivity contribution in [1.82, 2.24) is 5.43 Å². The van der Waals surface area contributed by atoms with Crippen molar-refractivity contribution in [2.45, 2.75) is 32.7 Å². The molecule has 21 heavy (non-hydrogen) atoms. The molecule has 0 spiro atoms. The summed E-state index contributed by atoms with van der Waals surface area (Å²) in [5, 5.41) is 0. The van der Waals surface area contributed by atoms with Crippen LogP contribution in [0.25, 0.3) is 0 Å². The highest BCUT2D eigenvalue weighted by atomic mass is 19.1. The van der Waals surface area contributed by atoms with Gasteiger partial charge >= 0.3 is 0 Å². The Balaban J connectivity index is 2.14. The molecule has 2 nitrogen and oxygen atoms in total. The minimum atomic E-state index is -0.562. The van der Waals surface area contributed by atoms with Crippen LogP contribution >= 0.6 is 0 Å². The Kier molecular flexibility index (Phi) is 5.04. The molecule has 3 N–H and O–H groups in total. The van der Waals surface area contributed by atoms with Crippen LogP contribution in [-0.4, -0.2) is 6.04 Å². The summed E-state index contributed by atoms with van der Waals surface area (Å²) in [5.41, 5.74) is 6.90. The molecule has 0 radical (unpaired) electrons. The molecule has 0 aliphatic carbocycles. The van der Waals surface area contributed by atoms with Crippen molar-refractivity contribution in [1.29, 1.82) is 0 Å². The highest BCUT2D eigenvalue weighted by molar-refractivity contribution is 5.31. The molecule has 0 aromatic heterocycles. The molecule has 1 atom stereocenters. The Morgan fingerprint density at radius 1 is 1.00 bits per heavy atom. The normalized spacial score (nSPS) is 12.4.